The van der Waals surface area contributed by atoms with Crippen LogP contribution in [0.3, 0.4) is 0 Å². The molecule has 2 N–H and O–H groups in total. The second kappa shape index (κ2) is 6.39. The molecular weight excluding hydrogens is 160 g/mol. The molecule has 1 atom stereocenters. The summed E-state index contributed by atoms with van der Waals surface area (Å²) in [5.41, 5.74) is 0. The monoisotopic (exact) mass is 184 g/mol. The Bertz CT molecular complexity index is 115. The predicted octanol–water partition coefficient (Wildman–Crippen LogP) is 1.76. The van der Waals surface area contributed by atoms with Crippen molar-refractivity contribution in [2.75, 3.05) is 19.6 Å². The van der Waals surface area contributed by atoms with Crippen LogP contribution in [-0.4, -0.2) is 25.7 Å². The third kappa shape index (κ3) is 5.27. The van der Waals surface area contributed by atoms with Crippen molar-refractivity contribution >= 4 is 0 Å². The van der Waals surface area contributed by atoms with Gasteiger partial charge in [0.25, 0.3) is 0 Å². The molecule has 0 amide bonds. The fourth-order valence-electron chi connectivity index (χ4n) is 1.80. The van der Waals surface area contributed by atoms with E-state index in [2.05, 4.69) is 24.5 Å². The molecule has 1 aliphatic heterocycles. The fourth-order valence-corrected chi connectivity index (χ4v) is 1.80. The zero-order valence-corrected chi connectivity index (χ0v) is 9.10. The van der Waals surface area contributed by atoms with E-state index < -0.39 is 0 Å². The number of rotatable bonds is 4. The minimum atomic E-state index is 0.772. The highest BCUT2D eigenvalue weighted by Gasteiger charge is 2.10. The molecule has 1 unspecified atom stereocenters. The molecule has 0 aromatic rings. The molecule has 0 aromatic heterocycles. The molecule has 0 radical (unpaired) electrons. The van der Waals surface area contributed by atoms with Crippen LogP contribution in [-0.2, 0) is 0 Å². The van der Waals surface area contributed by atoms with E-state index in [9.17, 15) is 0 Å². The Labute approximate surface area is 82.5 Å². The van der Waals surface area contributed by atoms with Gasteiger partial charge in [-0.1, -0.05) is 13.8 Å². The molecule has 2 nitrogen and oxygen atoms in total. The summed E-state index contributed by atoms with van der Waals surface area (Å²) in [5.74, 6) is 0.830. The zero-order valence-electron chi connectivity index (χ0n) is 9.10. The van der Waals surface area contributed by atoms with Crippen molar-refractivity contribution in [1.82, 2.24) is 10.6 Å². The minimum Gasteiger partial charge on any atom is -0.317 e. The molecule has 78 valence electrons. The Balaban J connectivity index is 2.05. The topological polar surface area (TPSA) is 24.1 Å². The molecule has 0 bridgehead atoms. The predicted molar refractivity (Wildman–Crippen MR) is 58.0 cm³/mol. The maximum Gasteiger partial charge on any atom is 0.00796 e. The van der Waals surface area contributed by atoms with Crippen molar-refractivity contribution in [2.45, 2.75) is 45.6 Å². The molecule has 0 aromatic carbocycles. The van der Waals surface area contributed by atoms with Gasteiger partial charge in [-0.25, -0.2) is 0 Å². The van der Waals surface area contributed by atoms with Gasteiger partial charge in [0, 0.05) is 6.04 Å². The molecule has 1 saturated heterocycles. The van der Waals surface area contributed by atoms with E-state index in [-0.39, 0.29) is 0 Å². The van der Waals surface area contributed by atoms with Gasteiger partial charge >= 0.3 is 0 Å². The average molecular weight is 184 g/mol. The molecule has 0 saturated carbocycles. The van der Waals surface area contributed by atoms with E-state index in [1.807, 2.05) is 0 Å². The van der Waals surface area contributed by atoms with Crippen molar-refractivity contribution in [3.05, 3.63) is 0 Å². The van der Waals surface area contributed by atoms with Crippen molar-refractivity contribution in [3.8, 4) is 0 Å². The first-order valence-corrected chi connectivity index (χ1v) is 5.73. The lowest BCUT2D eigenvalue weighted by Gasteiger charge is -2.16. The van der Waals surface area contributed by atoms with Crippen LogP contribution in [0.4, 0.5) is 0 Å². The minimum absolute atomic E-state index is 0.772. The number of hydrogen-bond acceptors (Lipinski definition) is 2. The summed E-state index contributed by atoms with van der Waals surface area (Å²) in [6.45, 7) is 8.18. The number of nitrogens with one attached hydrogen (secondary N) is 2. The van der Waals surface area contributed by atoms with Gasteiger partial charge in [-0.2, -0.15) is 0 Å². The van der Waals surface area contributed by atoms with Gasteiger partial charge in [-0.05, 0) is 51.2 Å². The van der Waals surface area contributed by atoms with Crippen molar-refractivity contribution < 1.29 is 0 Å². The summed E-state index contributed by atoms with van der Waals surface area (Å²) in [6, 6.07) is 0.772. The third-order valence-electron chi connectivity index (χ3n) is 2.73. The summed E-state index contributed by atoms with van der Waals surface area (Å²) in [5, 5.41) is 7.09. The molecular formula is C11H24N2. The van der Waals surface area contributed by atoms with E-state index >= 15 is 0 Å². The normalized spacial score (nSPS) is 24.7. The van der Waals surface area contributed by atoms with Gasteiger partial charge in [-0.3, -0.25) is 0 Å². The first-order valence-electron chi connectivity index (χ1n) is 5.73. The van der Waals surface area contributed by atoms with Gasteiger partial charge < -0.3 is 10.6 Å². The molecule has 1 aliphatic rings. The zero-order chi connectivity index (χ0) is 9.52. The van der Waals surface area contributed by atoms with Gasteiger partial charge in [0.2, 0.25) is 0 Å². The maximum absolute atomic E-state index is 3.65. The van der Waals surface area contributed by atoms with Gasteiger partial charge in [-0.15, -0.1) is 0 Å². The molecule has 1 fully saturated rings. The Morgan fingerprint density at radius 1 is 1.31 bits per heavy atom. The highest BCUT2D eigenvalue weighted by molar-refractivity contribution is 4.72. The van der Waals surface area contributed by atoms with E-state index in [1.165, 1.54) is 45.3 Å². The molecule has 1 heterocycles. The third-order valence-corrected chi connectivity index (χ3v) is 2.73. The Kier molecular flexibility index (Phi) is 5.40. The number of hydrogen-bond donors (Lipinski definition) is 2. The molecule has 2 heteroatoms. The van der Waals surface area contributed by atoms with Crippen LogP contribution in [0.2, 0.25) is 0 Å². The summed E-state index contributed by atoms with van der Waals surface area (Å²) < 4.78 is 0. The van der Waals surface area contributed by atoms with Crippen LogP contribution in [0.25, 0.3) is 0 Å². The SMILES string of the molecule is CC(C)CCNC1CCCNCC1. The lowest BCUT2D eigenvalue weighted by atomic mass is 10.1. The summed E-state index contributed by atoms with van der Waals surface area (Å²) in [6.07, 6.45) is 5.30. The van der Waals surface area contributed by atoms with Crippen LogP contribution in [0.1, 0.15) is 39.5 Å². The lowest BCUT2D eigenvalue weighted by molar-refractivity contribution is 0.439. The lowest BCUT2D eigenvalue weighted by Crippen LogP contribution is -2.31. The standard InChI is InChI=1S/C11H24N2/c1-10(2)5-9-13-11-4-3-7-12-8-6-11/h10-13H,3-9H2,1-2H3. The average Bonchev–Trinajstić information content (AvgIpc) is 2.32. The fraction of sp³-hybridized carbons (Fsp3) is 1.00. The molecule has 13 heavy (non-hydrogen) atoms. The Morgan fingerprint density at radius 2 is 2.15 bits per heavy atom. The Hall–Kier alpha value is -0.0800. The quantitative estimate of drug-likeness (QED) is 0.696. The molecule has 0 aliphatic carbocycles. The van der Waals surface area contributed by atoms with Crippen molar-refractivity contribution in [3.63, 3.8) is 0 Å². The summed E-state index contributed by atoms with van der Waals surface area (Å²) >= 11 is 0. The first kappa shape index (κ1) is 11.0. The second-order valence-electron chi connectivity index (χ2n) is 4.51. The van der Waals surface area contributed by atoms with Crippen molar-refractivity contribution in [2.24, 2.45) is 5.92 Å². The second-order valence-corrected chi connectivity index (χ2v) is 4.51. The summed E-state index contributed by atoms with van der Waals surface area (Å²) in [4.78, 5) is 0. The maximum atomic E-state index is 3.65. The van der Waals surface area contributed by atoms with Gasteiger partial charge in [0.15, 0.2) is 0 Å². The van der Waals surface area contributed by atoms with Crippen LogP contribution >= 0.6 is 0 Å². The molecule has 1 rings (SSSR count). The highest BCUT2D eigenvalue weighted by atomic mass is 14.9. The van der Waals surface area contributed by atoms with Gasteiger partial charge in [0.05, 0.1) is 0 Å². The van der Waals surface area contributed by atoms with Crippen LogP contribution < -0.4 is 10.6 Å². The smallest absolute Gasteiger partial charge is 0.00796 e. The van der Waals surface area contributed by atoms with E-state index in [1.54, 1.807) is 0 Å². The van der Waals surface area contributed by atoms with Gasteiger partial charge in [0.1, 0.15) is 0 Å². The summed E-state index contributed by atoms with van der Waals surface area (Å²) in [7, 11) is 0. The Morgan fingerprint density at radius 3 is 2.92 bits per heavy atom. The van der Waals surface area contributed by atoms with Crippen molar-refractivity contribution in [1.29, 1.82) is 0 Å². The molecule has 0 spiro atoms. The highest BCUT2D eigenvalue weighted by Crippen LogP contribution is 2.05. The van der Waals surface area contributed by atoms with E-state index in [0.717, 1.165) is 12.0 Å². The van der Waals surface area contributed by atoms with E-state index in [4.69, 9.17) is 0 Å². The van der Waals surface area contributed by atoms with E-state index in [0.29, 0.717) is 0 Å². The van der Waals surface area contributed by atoms with Crippen LogP contribution in [0, 0.1) is 5.92 Å². The van der Waals surface area contributed by atoms with Crippen LogP contribution in [0.5, 0.6) is 0 Å². The largest absolute Gasteiger partial charge is 0.317 e. The first-order chi connectivity index (χ1) is 6.29. The van der Waals surface area contributed by atoms with Crippen LogP contribution in [0.15, 0.2) is 0 Å².